The minimum Gasteiger partial charge on any atom is -0.447 e. The minimum absolute atomic E-state index is 0.0927. The van der Waals surface area contributed by atoms with Crippen LogP contribution in [0.3, 0.4) is 0 Å². The molecule has 2 aliphatic rings. The molecule has 3 heterocycles. The Hall–Kier alpha value is -1.93. The first-order chi connectivity index (χ1) is 12.8. The molecule has 1 amide bonds. The Kier molecular flexibility index (Phi) is 4.50. The summed E-state index contributed by atoms with van der Waals surface area (Å²) in [5, 5.41) is 5.64. The second-order valence-corrected chi connectivity index (χ2v) is 9.96. The first-order valence-electron chi connectivity index (χ1n) is 9.39. The molecular formula is C19H26N4O3S. The summed E-state index contributed by atoms with van der Waals surface area (Å²) in [6.45, 7) is 6.83. The number of carbonyl (C=O) groups is 1. The Morgan fingerprint density at radius 2 is 2.15 bits per heavy atom. The smallest absolute Gasteiger partial charge is 0.414 e. The van der Waals surface area contributed by atoms with Gasteiger partial charge in [-0.3, -0.25) is 10.0 Å². The molecule has 0 bridgehead atoms. The van der Waals surface area contributed by atoms with Gasteiger partial charge in [-0.1, -0.05) is 6.92 Å². The molecule has 2 N–H and O–H groups in total. The van der Waals surface area contributed by atoms with Crippen molar-refractivity contribution in [2.45, 2.75) is 56.6 Å². The van der Waals surface area contributed by atoms with Crippen LogP contribution in [0.5, 0.6) is 0 Å². The first kappa shape index (κ1) is 18.4. The van der Waals surface area contributed by atoms with Crippen molar-refractivity contribution in [3.63, 3.8) is 0 Å². The predicted molar refractivity (Wildman–Crippen MR) is 105 cm³/mol. The topological polar surface area (TPSA) is 89.9 Å². The molecule has 146 valence electrons. The second-order valence-electron chi connectivity index (χ2n) is 8.26. The Morgan fingerprint density at radius 3 is 2.74 bits per heavy atom. The number of pyridine rings is 1. The molecule has 8 heteroatoms. The third kappa shape index (κ3) is 3.48. The number of nitrogens with zero attached hydrogens (tertiary/aromatic N) is 3. The van der Waals surface area contributed by atoms with Crippen LogP contribution >= 0.6 is 0 Å². The molecular weight excluding hydrogens is 364 g/mol. The third-order valence-corrected chi connectivity index (χ3v) is 6.78. The number of fused-ring (bicyclic) bond motifs is 1. The maximum atomic E-state index is 12.1. The van der Waals surface area contributed by atoms with Crippen LogP contribution in [0.1, 0.15) is 63.1 Å². The number of rotatable bonds is 6. The van der Waals surface area contributed by atoms with E-state index in [1.807, 2.05) is 24.4 Å². The lowest BCUT2D eigenvalue weighted by Crippen LogP contribution is -2.33. The zero-order valence-electron chi connectivity index (χ0n) is 16.0. The van der Waals surface area contributed by atoms with Crippen LogP contribution in [0, 0.1) is 0 Å². The monoisotopic (exact) mass is 390 g/mol. The number of imidazole rings is 1. The van der Waals surface area contributed by atoms with Crippen molar-refractivity contribution in [3.8, 4) is 0 Å². The number of cyclic esters (lactones) is 1. The van der Waals surface area contributed by atoms with E-state index in [4.69, 9.17) is 14.9 Å². The third-order valence-electron chi connectivity index (χ3n) is 5.52. The average molecular weight is 391 g/mol. The van der Waals surface area contributed by atoms with E-state index in [-0.39, 0.29) is 12.0 Å². The molecule has 0 radical (unpaired) electrons. The van der Waals surface area contributed by atoms with Crippen LogP contribution in [0.2, 0.25) is 0 Å². The largest absolute Gasteiger partial charge is 0.447 e. The maximum Gasteiger partial charge on any atom is 0.414 e. The van der Waals surface area contributed by atoms with E-state index in [0.717, 1.165) is 17.0 Å². The number of hydrogen-bond donors (Lipinski definition) is 1. The van der Waals surface area contributed by atoms with Crippen molar-refractivity contribution in [1.29, 1.82) is 0 Å². The summed E-state index contributed by atoms with van der Waals surface area (Å²) in [4.78, 5) is 18.6. The van der Waals surface area contributed by atoms with Crippen LogP contribution in [0.15, 0.2) is 18.5 Å². The highest BCUT2D eigenvalue weighted by Gasteiger charge is 2.32. The standard InChI is InChI=1S/C19H26N4O3S/c1-12(9-19(2,3)27(20)25)15-11-22-10-14(13-4-5-13)8-16(17(22)21-15)23-6-7-26-18(23)24/h8,10-13H,4-7,9,20H2,1-3H3/t12-,27?/m1/s1. The number of ether oxygens (including phenoxy) is 1. The van der Waals surface area contributed by atoms with Gasteiger partial charge < -0.3 is 9.14 Å². The summed E-state index contributed by atoms with van der Waals surface area (Å²) in [5.74, 6) is 0.656. The van der Waals surface area contributed by atoms with E-state index in [9.17, 15) is 9.00 Å². The molecule has 2 aromatic rings. The van der Waals surface area contributed by atoms with Crippen molar-refractivity contribution in [2.75, 3.05) is 18.1 Å². The summed E-state index contributed by atoms with van der Waals surface area (Å²) in [6, 6.07) is 2.08. The Labute approximate surface area is 161 Å². The van der Waals surface area contributed by atoms with Gasteiger partial charge in [0.1, 0.15) is 6.61 Å². The highest BCUT2D eigenvalue weighted by molar-refractivity contribution is 7.84. The van der Waals surface area contributed by atoms with Crippen LogP contribution in [0.4, 0.5) is 10.5 Å². The highest BCUT2D eigenvalue weighted by atomic mass is 32.2. The number of nitrogens with two attached hydrogens (primary N) is 1. The maximum absolute atomic E-state index is 12.1. The van der Waals surface area contributed by atoms with Crippen LogP contribution < -0.4 is 10.0 Å². The summed E-state index contributed by atoms with van der Waals surface area (Å²) < 4.78 is 18.5. The van der Waals surface area contributed by atoms with Crippen molar-refractivity contribution in [3.05, 3.63) is 29.7 Å². The average Bonchev–Trinajstić information content (AvgIpc) is 3.22. The molecule has 2 aromatic heterocycles. The van der Waals surface area contributed by atoms with Gasteiger partial charge in [-0.15, -0.1) is 0 Å². The van der Waals surface area contributed by atoms with Gasteiger partial charge in [0.25, 0.3) is 0 Å². The SMILES string of the molecule is C[C@H](CC(C)(C)S(N)=O)c1cn2cc(C3CC3)cc(N3CCOC3=O)c2n1. The molecule has 1 aliphatic heterocycles. The summed E-state index contributed by atoms with van der Waals surface area (Å²) >= 11 is 0. The molecule has 27 heavy (non-hydrogen) atoms. The molecule has 0 aromatic carbocycles. The lowest BCUT2D eigenvalue weighted by molar-refractivity contribution is 0.181. The molecule has 1 saturated heterocycles. The van der Waals surface area contributed by atoms with Gasteiger partial charge in [-0.25, -0.2) is 14.0 Å². The molecule has 4 rings (SSSR count). The molecule has 1 saturated carbocycles. The fourth-order valence-corrected chi connectivity index (χ4v) is 4.15. The van der Waals surface area contributed by atoms with E-state index < -0.39 is 15.7 Å². The Balaban J connectivity index is 1.74. The van der Waals surface area contributed by atoms with Crippen LogP contribution in [-0.2, 0) is 15.7 Å². The number of hydrogen-bond acceptors (Lipinski definition) is 4. The van der Waals surface area contributed by atoms with E-state index in [2.05, 4.69) is 19.2 Å². The van der Waals surface area contributed by atoms with Crippen LogP contribution in [0.25, 0.3) is 5.65 Å². The predicted octanol–water partition coefficient (Wildman–Crippen LogP) is 3.06. The number of anilines is 1. The van der Waals surface area contributed by atoms with Gasteiger partial charge in [0.05, 0.1) is 33.7 Å². The highest BCUT2D eigenvalue weighted by Crippen LogP contribution is 2.42. The van der Waals surface area contributed by atoms with E-state index in [1.54, 1.807) is 4.90 Å². The van der Waals surface area contributed by atoms with Gasteiger partial charge >= 0.3 is 6.09 Å². The fraction of sp³-hybridized carbons (Fsp3) is 0.579. The first-order valence-corrected chi connectivity index (χ1v) is 10.6. The normalized spacial score (nSPS) is 20.1. The molecule has 0 spiro atoms. The zero-order valence-corrected chi connectivity index (χ0v) is 16.8. The molecule has 2 fully saturated rings. The zero-order chi connectivity index (χ0) is 19.3. The van der Waals surface area contributed by atoms with Gasteiger partial charge in [-0.05, 0) is 50.7 Å². The molecule has 1 unspecified atom stereocenters. The Bertz CT molecular complexity index is 919. The van der Waals surface area contributed by atoms with Gasteiger partial charge in [0.15, 0.2) is 5.65 Å². The Morgan fingerprint density at radius 1 is 1.41 bits per heavy atom. The number of carbonyl (C=O) groups excluding carboxylic acids is 1. The quantitative estimate of drug-likeness (QED) is 0.821. The van der Waals surface area contributed by atoms with E-state index in [0.29, 0.717) is 25.5 Å². The molecule has 7 nitrogen and oxygen atoms in total. The van der Waals surface area contributed by atoms with E-state index in [1.165, 1.54) is 18.4 Å². The van der Waals surface area contributed by atoms with Crippen molar-refractivity contribution in [1.82, 2.24) is 9.38 Å². The second kappa shape index (κ2) is 6.60. The van der Waals surface area contributed by atoms with Gasteiger partial charge in [-0.2, -0.15) is 0 Å². The minimum atomic E-state index is -1.40. The summed E-state index contributed by atoms with van der Waals surface area (Å²) in [5.41, 5.74) is 3.71. The summed E-state index contributed by atoms with van der Waals surface area (Å²) in [7, 11) is -1.40. The lowest BCUT2D eigenvalue weighted by atomic mass is 9.96. The van der Waals surface area contributed by atoms with Gasteiger partial charge in [0, 0.05) is 18.3 Å². The summed E-state index contributed by atoms with van der Waals surface area (Å²) in [6.07, 6.45) is 6.85. The molecule has 1 aliphatic carbocycles. The lowest BCUT2D eigenvalue weighted by Gasteiger charge is -2.24. The van der Waals surface area contributed by atoms with E-state index >= 15 is 0 Å². The number of amides is 1. The number of aromatic nitrogens is 2. The van der Waals surface area contributed by atoms with Crippen molar-refractivity contribution < 1.29 is 13.7 Å². The van der Waals surface area contributed by atoms with Crippen LogP contribution in [-0.4, -0.2) is 37.6 Å². The van der Waals surface area contributed by atoms with Crippen molar-refractivity contribution >= 4 is 28.4 Å². The van der Waals surface area contributed by atoms with Gasteiger partial charge in [0.2, 0.25) is 0 Å². The fourth-order valence-electron chi connectivity index (χ4n) is 3.73. The van der Waals surface area contributed by atoms with Crippen molar-refractivity contribution in [2.24, 2.45) is 5.14 Å². The molecule has 2 atom stereocenters.